The van der Waals surface area contributed by atoms with E-state index in [4.69, 9.17) is 4.74 Å². The maximum atomic E-state index is 12.1. The molecule has 19 heavy (non-hydrogen) atoms. The van der Waals surface area contributed by atoms with Crippen molar-refractivity contribution < 1.29 is 9.53 Å². The number of nitrogens with one attached hydrogen (secondary N) is 1. The highest BCUT2D eigenvalue weighted by Crippen LogP contribution is 2.18. The number of amides is 1. The van der Waals surface area contributed by atoms with Crippen molar-refractivity contribution >= 4 is 21.8 Å². The summed E-state index contributed by atoms with van der Waals surface area (Å²) in [5.74, 6) is 0.541. The van der Waals surface area contributed by atoms with E-state index in [-0.39, 0.29) is 11.9 Å². The minimum atomic E-state index is 0.0878. The number of rotatable bonds is 4. The molecule has 0 bridgehead atoms. The van der Waals surface area contributed by atoms with Crippen LogP contribution in [0.15, 0.2) is 22.7 Å². The molecule has 4 heteroatoms. The molecule has 1 fully saturated rings. The molecule has 1 heterocycles. The highest BCUT2D eigenvalue weighted by atomic mass is 79.9. The molecule has 1 aromatic carbocycles. The largest absolute Gasteiger partial charge is 0.381 e. The van der Waals surface area contributed by atoms with Gasteiger partial charge in [-0.25, -0.2) is 0 Å². The summed E-state index contributed by atoms with van der Waals surface area (Å²) in [6, 6.07) is 6.20. The van der Waals surface area contributed by atoms with E-state index in [2.05, 4.69) is 28.2 Å². The molecule has 0 radical (unpaired) electrons. The Hall–Kier alpha value is -0.870. The number of carbonyl (C=O) groups excluding carboxylic acids is 1. The lowest BCUT2D eigenvalue weighted by Gasteiger charge is -2.19. The molecule has 0 aromatic heterocycles. The Balaban J connectivity index is 1.89. The standard InChI is InChI=1S/C15H20BrNO2/c1-10-7-14(16)4-3-12(10)8-15(18)17-11(2)13-5-6-19-9-13/h3-4,7,11,13H,5-6,8-9H2,1-2H3,(H,17,18)/t11-,13+/m1/s1. The summed E-state index contributed by atoms with van der Waals surface area (Å²) in [7, 11) is 0. The fraction of sp³-hybridized carbons (Fsp3) is 0.533. The molecule has 1 N–H and O–H groups in total. The van der Waals surface area contributed by atoms with E-state index in [0.717, 1.165) is 35.2 Å². The lowest BCUT2D eigenvalue weighted by atomic mass is 10.00. The summed E-state index contributed by atoms with van der Waals surface area (Å²) in [4.78, 5) is 12.1. The van der Waals surface area contributed by atoms with E-state index >= 15 is 0 Å². The zero-order valence-electron chi connectivity index (χ0n) is 11.4. The minimum Gasteiger partial charge on any atom is -0.381 e. The molecule has 0 saturated carbocycles. The molecule has 1 saturated heterocycles. The summed E-state index contributed by atoms with van der Waals surface area (Å²) in [5, 5.41) is 3.08. The number of benzene rings is 1. The SMILES string of the molecule is Cc1cc(Br)ccc1CC(=O)N[C@H](C)[C@H]1CCOC1. The molecule has 1 aliphatic heterocycles. The maximum Gasteiger partial charge on any atom is 0.224 e. The van der Waals surface area contributed by atoms with Gasteiger partial charge in [-0.1, -0.05) is 22.0 Å². The predicted octanol–water partition coefficient (Wildman–Crippen LogP) is 2.84. The van der Waals surface area contributed by atoms with Crippen LogP contribution in [0.2, 0.25) is 0 Å². The number of hydrogen-bond acceptors (Lipinski definition) is 2. The van der Waals surface area contributed by atoms with Gasteiger partial charge in [-0.2, -0.15) is 0 Å². The molecule has 0 unspecified atom stereocenters. The van der Waals surface area contributed by atoms with Crippen molar-refractivity contribution in [3.63, 3.8) is 0 Å². The van der Waals surface area contributed by atoms with Crippen LogP contribution in [-0.2, 0) is 16.0 Å². The maximum absolute atomic E-state index is 12.1. The van der Waals surface area contributed by atoms with Gasteiger partial charge in [-0.05, 0) is 43.5 Å². The Labute approximate surface area is 122 Å². The number of aryl methyl sites for hydroxylation is 1. The molecular formula is C15H20BrNO2. The first kappa shape index (κ1) is 14.5. The Morgan fingerprint density at radius 1 is 1.58 bits per heavy atom. The van der Waals surface area contributed by atoms with Crippen molar-refractivity contribution in [1.82, 2.24) is 5.32 Å². The van der Waals surface area contributed by atoms with Crippen LogP contribution in [0.4, 0.5) is 0 Å². The van der Waals surface area contributed by atoms with E-state index in [1.54, 1.807) is 0 Å². The molecule has 0 spiro atoms. The lowest BCUT2D eigenvalue weighted by molar-refractivity contribution is -0.121. The van der Waals surface area contributed by atoms with Crippen molar-refractivity contribution in [3.05, 3.63) is 33.8 Å². The van der Waals surface area contributed by atoms with Crippen LogP contribution < -0.4 is 5.32 Å². The lowest BCUT2D eigenvalue weighted by Crippen LogP contribution is -2.39. The van der Waals surface area contributed by atoms with Crippen molar-refractivity contribution in [3.8, 4) is 0 Å². The van der Waals surface area contributed by atoms with E-state index in [1.807, 2.05) is 25.1 Å². The van der Waals surface area contributed by atoms with Crippen LogP contribution >= 0.6 is 15.9 Å². The first-order valence-corrected chi connectivity index (χ1v) is 7.47. The number of carbonyl (C=O) groups is 1. The molecule has 104 valence electrons. The van der Waals surface area contributed by atoms with Crippen LogP contribution in [0, 0.1) is 12.8 Å². The molecular weight excluding hydrogens is 306 g/mol. The topological polar surface area (TPSA) is 38.3 Å². The minimum absolute atomic E-state index is 0.0878. The molecule has 2 rings (SSSR count). The van der Waals surface area contributed by atoms with Crippen LogP contribution in [0.1, 0.15) is 24.5 Å². The fourth-order valence-corrected chi connectivity index (χ4v) is 2.88. The van der Waals surface area contributed by atoms with Gasteiger partial charge in [0.15, 0.2) is 0 Å². The molecule has 0 aliphatic carbocycles. The quantitative estimate of drug-likeness (QED) is 0.924. The van der Waals surface area contributed by atoms with E-state index in [0.29, 0.717) is 12.3 Å². The van der Waals surface area contributed by atoms with Crippen molar-refractivity contribution in [1.29, 1.82) is 0 Å². The fourth-order valence-electron chi connectivity index (χ4n) is 2.40. The third kappa shape index (κ3) is 4.05. The highest BCUT2D eigenvalue weighted by molar-refractivity contribution is 9.10. The van der Waals surface area contributed by atoms with Crippen molar-refractivity contribution in [2.24, 2.45) is 5.92 Å². The van der Waals surface area contributed by atoms with Gasteiger partial charge in [-0.3, -0.25) is 4.79 Å². The van der Waals surface area contributed by atoms with Gasteiger partial charge in [-0.15, -0.1) is 0 Å². The summed E-state index contributed by atoms with van der Waals surface area (Å²) in [6.45, 7) is 5.67. The van der Waals surface area contributed by atoms with Gasteiger partial charge < -0.3 is 10.1 Å². The molecule has 1 aromatic rings. The monoisotopic (exact) mass is 325 g/mol. The molecule has 1 aliphatic rings. The molecule has 2 atom stereocenters. The summed E-state index contributed by atoms with van der Waals surface area (Å²) in [5.41, 5.74) is 2.22. The molecule has 3 nitrogen and oxygen atoms in total. The second kappa shape index (κ2) is 6.53. The van der Waals surface area contributed by atoms with Gasteiger partial charge in [0.05, 0.1) is 13.0 Å². The van der Waals surface area contributed by atoms with Gasteiger partial charge in [0.2, 0.25) is 5.91 Å². The summed E-state index contributed by atoms with van der Waals surface area (Å²) in [6.07, 6.45) is 1.48. The van der Waals surface area contributed by atoms with Crippen LogP contribution in [0.3, 0.4) is 0 Å². The first-order valence-electron chi connectivity index (χ1n) is 6.68. The van der Waals surface area contributed by atoms with Crippen molar-refractivity contribution in [2.45, 2.75) is 32.7 Å². The third-order valence-corrected chi connectivity index (χ3v) is 4.21. The Morgan fingerprint density at radius 2 is 2.37 bits per heavy atom. The van der Waals surface area contributed by atoms with Crippen LogP contribution in [-0.4, -0.2) is 25.2 Å². The Bertz CT molecular complexity index is 455. The van der Waals surface area contributed by atoms with Crippen molar-refractivity contribution in [2.75, 3.05) is 13.2 Å². The van der Waals surface area contributed by atoms with Gasteiger partial charge >= 0.3 is 0 Å². The summed E-state index contributed by atoms with van der Waals surface area (Å²) >= 11 is 3.43. The Kier molecular flexibility index (Phi) is 4.99. The zero-order chi connectivity index (χ0) is 13.8. The smallest absolute Gasteiger partial charge is 0.224 e. The van der Waals surface area contributed by atoms with Gasteiger partial charge in [0.1, 0.15) is 0 Å². The predicted molar refractivity (Wildman–Crippen MR) is 79.1 cm³/mol. The second-order valence-electron chi connectivity index (χ2n) is 5.23. The van der Waals surface area contributed by atoms with Crippen LogP contribution in [0.25, 0.3) is 0 Å². The van der Waals surface area contributed by atoms with E-state index < -0.39 is 0 Å². The van der Waals surface area contributed by atoms with E-state index in [9.17, 15) is 4.79 Å². The summed E-state index contributed by atoms with van der Waals surface area (Å²) < 4.78 is 6.40. The first-order chi connectivity index (χ1) is 9.06. The number of halogens is 1. The third-order valence-electron chi connectivity index (χ3n) is 3.72. The van der Waals surface area contributed by atoms with Crippen LogP contribution in [0.5, 0.6) is 0 Å². The normalized spacial score (nSPS) is 20.3. The second-order valence-corrected chi connectivity index (χ2v) is 6.14. The highest BCUT2D eigenvalue weighted by Gasteiger charge is 2.23. The number of hydrogen-bond donors (Lipinski definition) is 1. The number of ether oxygens (including phenoxy) is 1. The molecule has 1 amide bonds. The van der Waals surface area contributed by atoms with Gasteiger partial charge in [0.25, 0.3) is 0 Å². The van der Waals surface area contributed by atoms with E-state index in [1.165, 1.54) is 0 Å². The average Bonchev–Trinajstić information content (AvgIpc) is 2.86. The zero-order valence-corrected chi connectivity index (χ0v) is 13.0. The van der Waals surface area contributed by atoms with Gasteiger partial charge in [0, 0.05) is 23.0 Å². The average molecular weight is 326 g/mol. The Morgan fingerprint density at radius 3 is 3.00 bits per heavy atom.